The minimum atomic E-state index is -3.72. The van der Waals surface area contributed by atoms with Gasteiger partial charge in [-0.25, -0.2) is 13.6 Å². The highest BCUT2D eigenvalue weighted by Gasteiger charge is 2.11. The van der Waals surface area contributed by atoms with E-state index in [-0.39, 0.29) is 23.4 Å². The van der Waals surface area contributed by atoms with Gasteiger partial charge in [0.25, 0.3) is 0 Å². The lowest BCUT2D eigenvalue weighted by Crippen LogP contribution is -2.30. The minimum absolute atomic E-state index is 0.0531. The van der Waals surface area contributed by atoms with Crippen molar-refractivity contribution >= 4 is 21.6 Å². The van der Waals surface area contributed by atoms with Gasteiger partial charge in [0.2, 0.25) is 15.9 Å². The van der Waals surface area contributed by atoms with Crippen LogP contribution in [0.3, 0.4) is 0 Å². The van der Waals surface area contributed by atoms with Gasteiger partial charge in [0.1, 0.15) is 12.4 Å². The molecule has 0 aliphatic heterocycles. The molecule has 31 heavy (non-hydrogen) atoms. The fourth-order valence-corrected chi connectivity index (χ4v) is 3.41. The van der Waals surface area contributed by atoms with Crippen LogP contribution in [0.2, 0.25) is 0 Å². The molecule has 0 unspecified atom stereocenters. The van der Waals surface area contributed by atoms with Crippen LogP contribution in [0.1, 0.15) is 24.1 Å². The van der Waals surface area contributed by atoms with Gasteiger partial charge in [0.15, 0.2) is 0 Å². The van der Waals surface area contributed by atoms with Crippen LogP contribution in [-0.4, -0.2) is 20.9 Å². The van der Waals surface area contributed by atoms with Gasteiger partial charge in [-0.1, -0.05) is 42.5 Å². The molecule has 3 rings (SSSR count). The van der Waals surface area contributed by atoms with E-state index in [0.29, 0.717) is 12.3 Å². The van der Waals surface area contributed by atoms with Crippen molar-refractivity contribution in [2.45, 2.75) is 24.5 Å². The van der Waals surface area contributed by atoms with Crippen molar-refractivity contribution in [3.63, 3.8) is 0 Å². The number of hydrogen-bond donors (Lipinski definition) is 3. The number of sulfonamides is 1. The van der Waals surface area contributed by atoms with E-state index in [9.17, 15) is 13.2 Å². The van der Waals surface area contributed by atoms with E-state index in [4.69, 9.17) is 9.88 Å². The highest BCUT2D eigenvalue weighted by molar-refractivity contribution is 7.89. The van der Waals surface area contributed by atoms with Gasteiger partial charge >= 0.3 is 0 Å². The number of carbonyl (C=O) groups is 1. The maximum absolute atomic E-state index is 12.2. The molecule has 0 aliphatic carbocycles. The molecule has 4 N–H and O–H groups in total. The first-order valence-electron chi connectivity index (χ1n) is 9.74. The van der Waals surface area contributed by atoms with Crippen LogP contribution >= 0.6 is 0 Å². The lowest BCUT2D eigenvalue weighted by Gasteiger charge is -2.15. The molecule has 0 saturated heterocycles. The Hall–Kier alpha value is -3.20. The molecule has 3 aromatic rings. The number of anilines is 1. The largest absolute Gasteiger partial charge is 0.489 e. The number of rotatable bonds is 9. The molecule has 0 fully saturated rings. The SMILES string of the molecule is C[C@H](NCC(=O)Nc1ccc(OCc2ccccc2)cc1)c1ccc(S(N)(=O)=O)cc1. The van der Waals surface area contributed by atoms with Crippen molar-refractivity contribution in [1.82, 2.24) is 5.32 Å². The predicted octanol–water partition coefficient (Wildman–Crippen LogP) is 3.20. The topological polar surface area (TPSA) is 111 Å². The number of nitrogens with two attached hydrogens (primary N) is 1. The number of nitrogens with one attached hydrogen (secondary N) is 2. The Kier molecular flexibility index (Phi) is 7.41. The number of benzene rings is 3. The maximum atomic E-state index is 12.2. The van der Waals surface area contributed by atoms with Crippen molar-refractivity contribution in [2.75, 3.05) is 11.9 Å². The maximum Gasteiger partial charge on any atom is 0.238 e. The minimum Gasteiger partial charge on any atom is -0.489 e. The smallest absolute Gasteiger partial charge is 0.238 e. The molecular formula is C23H25N3O4S. The molecule has 1 atom stereocenters. The summed E-state index contributed by atoms with van der Waals surface area (Å²) in [4.78, 5) is 12.3. The predicted molar refractivity (Wildman–Crippen MR) is 120 cm³/mol. The molecule has 1 amide bonds. The zero-order valence-electron chi connectivity index (χ0n) is 17.1. The van der Waals surface area contributed by atoms with E-state index in [2.05, 4.69) is 10.6 Å². The fraction of sp³-hybridized carbons (Fsp3) is 0.174. The van der Waals surface area contributed by atoms with E-state index in [1.165, 1.54) is 12.1 Å². The summed E-state index contributed by atoms with van der Waals surface area (Å²) < 4.78 is 28.4. The van der Waals surface area contributed by atoms with E-state index in [1.807, 2.05) is 49.4 Å². The molecule has 7 nitrogen and oxygen atoms in total. The second-order valence-corrected chi connectivity index (χ2v) is 8.62. The fourth-order valence-electron chi connectivity index (χ4n) is 2.89. The Morgan fingerprint density at radius 3 is 2.23 bits per heavy atom. The average Bonchev–Trinajstić information content (AvgIpc) is 2.77. The van der Waals surface area contributed by atoms with Crippen LogP contribution < -0.4 is 20.5 Å². The van der Waals surface area contributed by atoms with Gasteiger partial charge < -0.3 is 15.4 Å². The number of ether oxygens (including phenoxy) is 1. The number of primary sulfonamides is 1. The second-order valence-electron chi connectivity index (χ2n) is 7.06. The number of hydrogen-bond acceptors (Lipinski definition) is 5. The van der Waals surface area contributed by atoms with Crippen molar-refractivity contribution < 1.29 is 17.9 Å². The number of carbonyl (C=O) groups excluding carboxylic acids is 1. The molecule has 8 heteroatoms. The Morgan fingerprint density at radius 2 is 1.61 bits per heavy atom. The van der Waals surface area contributed by atoms with Crippen LogP contribution in [0.4, 0.5) is 5.69 Å². The normalized spacial score (nSPS) is 12.2. The summed E-state index contributed by atoms with van der Waals surface area (Å²) in [5.74, 6) is 0.530. The van der Waals surface area contributed by atoms with Crippen LogP contribution in [0.25, 0.3) is 0 Å². The summed E-state index contributed by atoms with van der Waals surface area (Å²) >= 11 is 0. The monoisotopic (exact) mass is 439 g/mol. The summed E-state index contributed by atoms with van der Waals surface area (Å²) in [5, 5.41) is 11.0. The Morgan fingerprint density at radius 1 is 0.968 bits per heavy atom. The summed E-state index contributed by atoms with van der Waals surface area (Å²) in [7, 11) is -3.72. The molecule has 0 aromatic heterocycles. The van der Waals surface area contributed by atoms with Crippen LogP contribution in [0, 0.1) is 0 Å². The molecule has 0 saturated carbocycles. The molecule has 0 bridgehead atoms. The highest BCUT2D eigenvalue weighted by atomic mass is 32.2. The Labute approximate surface area is 182 Å². The van der Waals surface area contributed by atoms with Gasteiger partial charge in [-0.2, -0.15) is 0 Å². The quantitative estimate of drug-likeness (QED) is 0.474. The molecule has 0 radical (unpaired) electrons. The van der Waals surface area contributed by atoms with E-state index in [0.717, 1.165) is 16.9 Å². The Balaban J connectivity index is 1.45. The van der Waals surface area contributed by atoms with Gasteiger partial charge in [-0.05, 0) is 54.4 Å². The lowest BCUT2D eigenvalue weighted by atomic mass is 10.1. The second kappa shape index (κ2) is 10.2. The third kappa shape index (κ3) is 6.92. The number of amides is 1. The third-order valence-corrected chi connectivity index (χ3v) is 5.59. The molecular weight excluding hydrogens is 414 g/mol. The average molecular weight is 440 g/mol. The van der Waals surface area contributed by atoms with Crippen LogP contribution in [0.15, 0.2) is 83.8 Å². The molecule has 162 valence electrons. The first-order chi connectivity index (χ1) is 14.8. The van der Waals surface area contributed by atoms with Crippen LogP contribution in [0.5, 0.6) is 5.75 Å². The summed E-state index contributed by atoms with van der Waals surface area (Å²) in [5.41, 5.74) is 2.60. The zero-order chi connectivity index (χ0) is 22.3. The molecule has 0 aliphatic rings. The molecule has 0 spiro atoms. The molecule has 3 aromatic carbocycles. The Bertz CT molecular complexity index is 1100. The van der Waals surface area contributed by atoms with Crippen molar-refractivity contribution in [3.05, 3.63) is 90.0 Å². The third-order valence-electron chi connectivity index (χ3n) is 4.66. The lowest BCUT2D eigenvalue weighted by molar-refractivity contribution is -0.115. The summed E-state index contributed by atoms with van der Waals surface area (Å²) in [6.45, 7) is 2.47. The highest BCUT2D eigenvalue weighted by Crippen LogP contribution is 2.18. The van der Waals surface area contributed by atoms with Crippen LogP contribution in [-0.2, 0) is 21.4 Å². The van der Waals surface area contributed by atoms with Gasteiger partial charge in [-0.3, -0.25) is 4.79 Å². The summed E-state index contributed by atoms with van der Waals surface area (Å²) in [6.07, 6.45) is 0. The van der Waals surface area contributed by atoms with Gasteiger partial charge in [-0.15, -0.1) is 0 Å². The standard InChI is InChI=1S/C23H25N3O4S/c1-17(19-7-13-22(14-8-19)31(24,28)29)25-15-23(27)26-20-9-11-21(12-10-20)30-16-18-5-3-2-4-6-18/h2-14,17,25H,15-16H2,1H3,(H,26,27)(H2,24,28,29)/t17-/m0/s1. The zero-order valence-corrected chi connectivity index (χ0v) is 17.9. The van der Waals surface area contributed by atoms with E-state index in [1.54, 1.807) is 24.3 Å². The van der Waals surface area contributed by atoms with Crippen molar-refractivity contribution in [1.29, 1.82) is 0 Å². The van der Waals surface area contributed by atoms with Crippen molar-refractivity contribution in [2.24, 2.45) is 5.14 Å². The van der Waals surface area contributed by atoms with Gasteiger partial charge in [0.05, 0.1) is 11.4 Å². The van der Waals surface area contributed by atoms with Gasteiger partial charge in [0, 0.05) is 11.7 Å². The van der Waals surface area contributed by atoms with E-state index < -0.39 is 10.0 Å². The van der Waals surface area contributed by atoms with Crippen molar-refractivity contribution in [3.8, 4) is 5.75 Å². The first kappa shape index (κ1) is 22.5. The van der Waals surface area contributed by atoms with E-state index >= 15 is 0 Å². The molecule has 0 heterocycles. The summed E-state index contributed by atoms with van der Waals surface area (Å²) in [6, 6.07) is 23.2. The first-order valence-corrected chi connectivity index (χ1v) is 11.3.